The van der Waals surface area contributed by atoms with Gasteiger partial charge in [0, 0.05) is 37.7 Å². The Labute approximate surface area is 151 Å². The summed E-state index contributed by atoms with van der Waals surface area (Å²) < 4.78 is 5.76. The topological polar surface area (TPSA) is 32.8 Å². The zero-order valence-electron chi connectivity index (χ0n) is 13.5. The number of thiophene rings is 1. The molecular weight excluding hydrogens is 344 g/mol. The third kappa shape index (κ3) is 4.72. The average Bonchev–Trinajstić information content (AvgIpc) is 3.03. The number of benzene rings is 1. The van der Waals surface area contributed by atoms with Crippen molar-refractivity contribution in [2.75, 3.05) is 39.3 Å². The number of halogens is 1. The van der Waals surface area contributed by atoms with Crippen molar-refractivity contribution in [1.82, 2.24) is 9.80 Å². The predicted molar refractivity (Wildman–Crippen MR) is 98.2 cm³/mol. The molecule has 1 aliphatic heterocycles. The largest absolute Gasteiger partial charge is 0.492 e. The number of ether oxygens (including phenoxy) is 1. The smallest absolute Gasteiger partial charge is 0.263 e. The van der Waals surface area contributed by atoms with Crippen LogP contribution in [0.5, 0.6) is 5.75 Å². The Hall–Kier alpha value is -1.56. The Bertz CT molecular complexity index is 646. The molecule has 3 rings (SSSR count). The number of amides is 1. The number of carbonyl (C=O) groups is 1. The number of hydrogen-bond acceptors (Lipinski definition) is 4. The lowest BCUT2D eigenvalue weighted by Crippen LogP contribution is -2.36. The van der Waals surface area contributed by atoms with Crippen LogP contribution in [0, 0.1) is 0 Å². The molecule has 1 aromatic heterocycles. The van der Waals surface area contributed by atoms with Crippen LogP contribution in [0.25, 0.3) is 0 Å². The van der Waals surface area contributed by atoms with Gasteiger partial charge in [0.25, 0.3) is 5.91 Å². The summed E-state index contributed by atoms with van der Waals surface area (Å²) >= 11 is 7.38. The van der Waals surface area contributed by atoms with Crippen LogP contribution in [0.2, 0.25) is 5.02 Å². The second-order valence-electron chi connectivity index (χ2n) is 5.77. The molecule has 0 atom stereocenters. The molecule has 128 valence electrons. The summed E-state index contributed by atoms with van der Waals surface area (Å²) in [5.41, 5.74) is 0. The van der Waals surface area contributed by atoms with E-state index in [1.165, 1.54) is 11.3 Å². The van der Waals surface area contributed by atoms with Gasteiger partial charge in [0.15, 0.2) is 0 Å². The fourth-order valence-electron chi connectivity index (χ4n) is 2.78. The van der Waals surface area contributed by atoms with E-state index in [2.05, 4.69) is 4.90 Å². The van der Waals surface area contributed by atoms with E-state index >= 15 is 0 Å². The highest BCUT2D eigenvalue weighted by Gasteiger charge is 2.20. The van der Waals surface area contributed by atoms with Crippen molar-refractivity contribution in [2.45, 2.75) is 6.42 Å². The summed E-state index contributed by atoms with van der Waals surface area (Å²) in [6.07, 6.45) is 0.998. The van der Waals surface area contributed by atoms with Crippen LogP contribution in [0.15, 0.2) is 41.8 Å². The van der Waals surface area contributed by atoms with E-state index in [4.69, 9.17) is 16.3 Å². The lowest BCUT2D eigenvalue weighted by molar-refractivity contribution is 0.0765. The van der Waals surface area contributed by atoms with Crippen LogP contribution in [-0.4, -0.2) is 55.0 Å². The van der Waals surface area contributed by atoms with Crippen molar-refractivity contribution >= 4 is 28.8 Å². The number of nitrogens with zero attached hydrogens (tertiary/aromatic N) is 2. The van der Waals surface area contributed by atoms with Gasteiger partial charge in [-0.3, -0.25) is 9.69 Å². The fraction of sp³-hybridized carbons (Fsp3) is 0.389. The van der Waals surface area contributed by atoms with E-state index in [-0.39, 0.29) is 5.91 Å². The molecule has 1 fully saturated rings. The van der Waals surface area contributed by atoms with Crippen LogP contribution < -0.4 is 4.74 Å². The first-order valence-corrected chi connectivity index (χ1v) is 9.41. The molecule has 1 aliphatic rings. The van der Waals surface area contributed by atoms with E-state index in [0.717, 1.165) is 49.8 Å². The van der Waals surface area contributed by atoms with Gasteiger partial charge in [-0.2, -0.15) is 0 Å². The zero-order chi connectivity index (χ0) is 16.8. The molecule has 24 heavy (non-hydrogen) atoms. The molecule has 0 unspecified atom stereocenters. The Morgan fingerprint density at radius 1 is 1.12 bits per heavy atom. The maximum absolute atomic E-state index is 12.4. The molecule has 1 aromatic carbocycles. The van der Waals surface area contributed by atoms with Gasteiger partial charge in [-0.25, -0.2) is 0 Å². The van der Waals surface area contributed by atoms with Crippen LogP contribution in [0.3, 0.4) is 0 Å². The molecule has 0 radical (unpaired) electrons. The Balaban J connectivity index is 1.44. The van der Waals surface area contributed by atoms with E-state index in [0.29, 0.717) is 11.6 Å². The first-order chi connectivity index (χ1) is 11.7. The van der Waals surface area contributed by atoms with Crippen molar-refractivity contribution in [3.8, 4) is 5.75 Å². The third-order valence-corrected chi connectivity index (χ3v) is 5.21. The maximum Gasteiger partial charge on any atom is 0.263 e. The molecule has 0 aliphatic carbocycles. The summed E-state index contributed by atoms with van der Waals surface area (Å²) in [4.78, 5) is 17.6. The minimum absolute atomic E-state index is 0.157. The predicted octanol–water partition coefficient (Wildman–Crippen LogP) is 3.63. The van der Waals surface area contributed by atoms with E-state index < -0.39 is 0 Å². The van der Waals surface area contributed by atoms with E-state index in [1.54, 1.807) is 0 Å². The number of carbonyl (C=O) groups excluding carboxylic acids is 1. The second kappa shape index (κ2) is 8.51. The minimum Gasteiger partial charge on any atom is -0.492 e. The molecule has 0 saturated carbocycles. The van der Waals surface area contributed by atoms with Crippen LogP contribution in [0.4, 0.5) is 0 Å². The first-order valence-electron chi connectivity index (χ1n) is 8.16. The van der Waals surface area contributed by atoms with Gasteiger partial charge in [0.1, 0.15) is 12.4 Å². The fourth-order valence-corrected chi connectivity index (χ4v) is 3.59. The lowest BCUT2D eigenvalue weighted by atomic mass is 10.3. The molecule has 0 spiro atoms. The summed E-state index contributed by atoms with van der Waals surface area (Å²) in [6.45, 7) is 4.99. The quantitative estimate of drug-likeness (QED) is 0.812. The summed E-state index contributed by atoms with van der Waals surface area (Å²) in [5, 5.41) is 2.66. The first kappa shape index (κ1) is 17.3. The Morgan fingerprint density at radius 3 is 2.71 bits per heavy atom. The average molecular weight is 365 g/mol. The molecule has 0 N–H and O–H groups in total. The second-order valence-corrected chi connectivity index (χ2v) is 7.15. The highest BCUT2D eigenvalue weighted by Crippen LogP contribution is 2.16. The standard InChI is InChI=1S/C18H21ClN2O2S/c19-15-4-6-16(7-5-15)23-13-12-20-8-2-9-21(11-10-20)18(22)17-3-1-14-24-17/h1,3-7,14H,2,8-13H2. The van der Waals surface area contributed by atoms with E-state index in [9.17, 15) is 4.79 Å². The Kier molecular flexibility index (Phi) is 6.12. The number of rotatable bonds is 5. The molecule has 4 nitrogen and oxygen atoms in total. The maximum atomic E-state index is 12.4. The molecule has 1 saturated heterocycles. The highest BCUT2D eigenvalue weighted by molar-refractivity contribution is 7.12. The van der Waals surface area contributed by atoms with Crippen LogP contribution >= 0.6 is 22.9 Å². The zero-order valence-corrected chi connectivity index (χ0v) is 15.1. The van der Waals surface area contributed by atoms with E-state index in [1.807, 2.05) is 46.7 Å². The summed E-state index contributed by atoms with van der Waals surface area (Å²) in [6, 6.07) is 11.2. The van der Waals surface area contributed by atoms with Crippen molar-refractivity contribution in [3.63, 3.8) is 0 Å². The highest BCUT2D eigenvalue weighted by atomic mass is 35.5. The van der Waals surface area contributed by atoms with Crippen molar-refractivity contribution in [2.24, 2.45) is 0 Å². The lowest BCUT2D eigenvalue weighted by Gasteiger charge is -2.21. The number of hydrogen-bond donors (Lipinski definition) is 0. The van der Waals surface area contributed by atoms with Crippen molar-refractivity contribution in [1.29, 1.82) is 0 Å². The van der Waals surface area contributed by atoms with Gasteiger partial charge >= 0.3 is 0 Å². The van der Waals surface area contributed by atoms with Crippen LogP contribution in [-0.2, 0) is 0 Å². The molecular formula is C18H21ClN2O2S. The van der Waals surface area contributed by atoms with Gasteiger partial charge in [-0.05, 0) is 42.1 Å². The minimum atomic E-state index is 0.157. The molecule has 2 heterocycles. The van der Waals surface area contributed by atoms with Gasteiger partial charge in [-0.1, -0.05) is 17.7 Å². The summed E-state index contributed by atoms with van der Waals surface area (Å²) in [5.74, 6) is 0.994. The molecule has 0 bridgehead atoms. The monoisotopic (exact) mass is 364 g/mol. The molecule has 6 heteroatoms. The van der Waals surface area contributed by atoms with Gasteiger partial charge in [0.2, 0.25) is 0 Å². The van der Waals surface area contributed by atoms with Crippen LogP contribution in [0.1, 0.15) is 16.1 Å². The van der Waals surface area contributed by atoms with Crippen molar-refractivity contribution < 1.29 is 9.53 Å². The Morgan fingerprint density at radius 2 is 1.96 bits per heavy atom. The normalized spacial score (nSPS) is 16.0. The SMILES string of the molecule is O=C(c1cccs1)N1CCCN(CCOc2ccc(Cl)cc2)CC1. The van der Waals surface area contributed by atoms with Crippen molar-refractivity contribution in [3.05, 3.63) is 51.7 Å². The van der Waals surface area contributed by atoms with Gasteiger partial charge in [-0.15, -0.1) is 11.3 Å². The van der Waals surface area contributed by atoms with Gasteiger partial charge in [0.05, 0.1) is 4.88 Å². The molecule has 1 amide bonds. The summed E-state index contributed by atoms with van der Waals surface area (Å²) in [7, 11) is 0. The third-order valence-electron chi connectivity index (χ3n) is 4.10. The van der Waals surface area contributed by atoms with Gasteiger partial charge < -0.3 is 9.64 Å². The molecule has 2 aromatic rings.